The van der Waals surface area contributed by atoms with Crippen LogP contribution >= 0.6 is 0 Å². The third kappa shape index (κ3) is 4.12. The summed E-state index contributed by atoms with van der Waals surface area (Å²) in [4.78, 5) is 42.4. The summed E-state index contributed by atoms with van der Waals surface area (Å²) in [5.41, 5.74) is -0.0671. The number of imide groups is 1. The lowest BCUT2D eigenvalue weighted by Gasteiger charge is -2.40. The Kier molecular flexibility index (Phi) is 5.22. The summed E-state index contributed by atoms with van der Waals surface area (Å²) in [7, 11) is 0. The summed E-state index contributed by atoms with van der Waals surface area (Å²) < 4.78 is 5.15. The van der Waals surface area contributed by atoms with E-state index in [-0.39, 0.29) is 24.5 Å². The van der Waals surface area contributed by atoms with Gasteiger partial charge in [-0.2, -0.15) is 0 Å². The highest BCUT2D eigenvalue weighted by Gasteiger charge is 2.53. The summed E-state index contributed by atoms with van der Waals surface area (Å²) in [6.45, 7) is 6.25. The molecule has 2 aliphatic rings. The second-order valence-corrected chi connectivity index (χ2v) is 8.53. The Morgan fingerprint density at radius 1 is 1.30 bits per heavy atom. The number of rotatable bonds is 4. The smallest absolute Gasteiger partial charge is 0.326 e. The molecule has 1 aliphatic heterocycles. The van der Waals surface area contributed by atoms with Crippen LogP contribution < -0.4 is 5.32 Å². The third-order valence-electron chi connectivity index (χ3n) is 5.70. The predicted octanol–water partition coefficient (Wildman–Crippen LogP) is 2.65. The lowest BCUT2D eigenvalue weighted by molar-refractivity contribution is -0.149. The quantitative estimate of drug-likeness (QED) is 0.647. The van der Waals surface area contributed by atoms with Crippen LogP contribution in [0.25, 0.3) is 0 Å². The minimum atomic E-state index is -0.861. The van der Waals surface area contributed by atoms with Crippen molar-refractivity contribution in [3.63, 3.8) is 0 Å². The maximum atomic E-state index is 12.9. The van der Waals surface area contributed by atoms with E-state index in [0.29, 0.717) is 24.5 Å². The molecule has 3 amide bonds. The van der Waals surface area contributed by atoms with Gasteiger partial charge < -0.3 is 10.1 Å². The molecule has 2 fully saturated rings. The van der Waals surface area contributed by atoms with Gasteiger partial charge in [-0.3, -0.25) is 19.5 Å². The molecule has 0 aromatic carbocycles. The van der Waals surface area contributed by atoms with Crippen LogP contribution in [0.5, 0.6) is 0 Å². The highest BCUT2D eigenvalue weighted by Crippen LogP contribution is 2.43. The van der Waals surface area contributed by atoms with Gasteiger partial charge >= 0.3 is 12.0 Å². The van der Waals surface area contributed by atoms with E-state index >= 15 is 0 Å². The number of esters is 1. The lowest BCUT2D eigenvalue weighted by Crippen LogP contribution is -2.50. The van der Waals surface area contributed by atoms with Gasteiger partial charge in [0, 0.05) is 6.20 Å². The molecule has 1 aromatic rings. The average molecular weight is 373 g/mol. The van der Waals surface area contributed by atoms with Crippen LogP contribution in [0.3, 0.4) is 0 Å². The summed E-state index contributed by atoms with van der Waals surface area (Å²) in [6.07, 6.45) is 4.59. The van der Waals surface area contributed by atoms with E-state index < -0.39 is 17.5 Å². The van der Waals surface area contributed by atoms with Gasteiger partial charge in [-0.1, -0.05) is 26.8 Å². The second kappa shape index (κ2) is 7.29. The summed E-state index contributed by atoms with van der Waals surface area (Å²) in [5, 5.41) is 2.84. The predicted molar refractivity (Wildman–Crippen MR) is 98.4 cm³/mol. The fourth-order valence-corrected chi connectivity index (χ4v) is 3.95. The normalized spacial score (nSPS) is 25.6. The number of urea groups is 1. The highest BCUT2D eigenvalue weighted by molar-refractivity contribution is 6.08. The molecule has 1 aliphatic carbocycles. The Labute approximate surface area is 159 Å². The molecule has 1 spiro atoms. The number of carbonyl (C=O) groups is 3. The second-order valence-electron chi connectivity index (χ2n) is 8.53. The van der Waals surface area contributed by atoms with E-state index in [2.05, 4.69) is 31.1 Å². The van der Waals surface area contributed by atoms with E-state index in [0.717, 1.165) is 17.7 Å². The number of pyridine rings is 1. The molecule has 1 N–H and O–H groups in total. The molecule has 3 rings (SSSR count). The number of nitrogens with one attached hydrogen (secondary N) is 1. The van der Waals surface area contributed by atoms with Gasteiger partial charge in [0.2, 0.25) is 0 Å². The Morgan fingerprint density at radius 2 is 2.00 bits per heavy atom. The fraction of sp³-hybridized carbons (Fsp3) is 0.600. The number of hydrogen-bond acceptors (Lipinski definition) is 5. The maximum Gasteiger partial charge on any atom is 0.326 e. The lowest BCUT2D eigenvalue weighted by atomic mass is 9.67. The van der Waals surface area contributed by atoms with Gasteiger partial charge in [0.05, 0.1) is 5.69 Å². The zero-order valence-electron chi connectivity index (χ0n) is 16.2. The van der Waals surface area contributed by atoms with E-state index in [1.54, 1.807) is 24.4 Å². The minimum absolute atomic E-state index is 0.0156. The molecule has 1 aromatic heterocycles. The largest absolute Gasteiger partial charge is 0.458 e. The van der Waals surface area contributed by atoms with Crippen LogP contribution in [0.15, 0.2) is 24.4 Å². The van der Waals surface area contributed by atoms with E-state index in [1.807, 2.05) is 0 Å². The summed E-state index contributed by atoms with van der Waals surface area (Å²) >= 11 is 0. The molecule has 0 unspecified atom stereocenters. The van der Waals surface area contributed by atoms with Crippen molar-refractivity contribution in [3.8, 4) is 0 Å². The molecule has 0 radical (unpaired) electrons. The van der Waals surface area contributed by atoms with E-state index in [9.17, 15) is 14.4 Å². The summed E-state index contributed by atoms with van der Waals surface area (Å²) in [6, 6.07) is 4.80. The van der Waals surface area contributed by atoms with Crippen LogP contribution in [0.1, 0.15) is 52.1 Å². The zero-order chi connectivity index (χ0) is 19.7. The van der Waals surface area contributed by atoms with Crippen molar-refractivity contribution >= 4 is 17.9 Å². The highest BCUT2D eigenvalue weighted by atomic mass is 16.5. The van der Waals surface area contributed by atoms with Crippen LogP contribution in [0.2, 0.25) is 0 Å². The summed E-state index contributed by atoms with van der Waals surface area (Å²) in [5.74, 6) is -0.413. The molecule has 7 nitrogen and oxygen atoms in total. The molecule has 0 atom stereocenters. The topological polar surface area (TPSA) is 88.6 Å². The molecule has 7 heteroatoms. The standard InChI is InChI=1S/C20H27N3O4/c1-19(2,3)14-7-9-20(10-8-14)17(25)23(18(26)22-20)12-16(24)27-13-15-6-4-5-11-21-15/h4-6,11,14H,7-10,12-13H2,1-3H3,(H,22,26). The van der Waals surface area contributed by atoms with E-state index in [4.69, 9.17) is 4.74 Å². The van der Waals surface area contributed by atoms with Gasteiger partial charge in [-0.25, -0.2) is 4.79 Å². The first-order chi connectivity index (χ1) is 12.7. The molecule has 0 bridgehead atoms. The third-order valence-corrected chi connectivity index (χ3v) is 5.70. The van der Waals surface area contributed by atoms with Crippen molar-refractivity contribution < 1.29 is 19.1 Å². The van der Waals surface area contributed by atoms with Crippen molar-refractivity contribution in [2.75, 3.05) is 6.54 Å². The van der Waals surface area contributed by atoms with Gasteiger partial charge in [-0.15, -0.1) is 0 Å². The monoisotopic (exact) mass is 373 g/mol. The Balaban J connectivity index is 1.57. The number of aromatic nitrogens is 1. The molecule has 27 heavy (non-hydrogen) atoms. The Bertz CT molecular complexity index is 718. The van der Waals surface area contributed by atoms with Crippen molar-refractivity contribution in [2.24, 2.45) is 11.3 Å². The van der Waals surface area contributed by atoms with Crippen LogP contribution in [-0.2, 0) is 20.9 Å². The first kappa shape index (κ1) is 19.3. The van der Waals surface area contributed by atoms with Crippen molar-refractivity contribution in [3.05, 3.63) is 30.1 Å². The van der Waals surface area contributed by atoms with Gasteiger partial charge in [-0.05, 0) is 49.1 Å². The molecular weight excluding hydrogens is 346 g/mol. The molecule has 1 saturated heterocycles. The number of ether oxygens (including phenoxy) is 1. The average Bonchev–Trinajstić information content (AvgIpc) is 2.85. The number of nitrogens with zero attached hydrogens (tertiary/aromatic N) is 2. The molecule has 2 heterocycles. The SMILES string of the molecule is CC(C)(C)C1CCC2(CC1)NC(=O)N(CC(=O)OCc1ccccn1)C2=O. The Hall–Kier alpha value is -2.44. The maximum absolute atomic E-state index is 12.9. The van der Waals surface area contributed by atoms with Crippen LogP contribution in [-0.4, -0.2) is 39.9 Å². The Morgan fingerprint density at radius 3 is 2.59 bits per heavy atom. The zero-order valence-corrected chi connectivity index (χ0v) is 16.2. The number of carbonyl (C=O) groups excluding carboxylic acids is 3. The van der Waals surface area contributed by atoms with Gasteiger partial charge in [0.15, 0.2) is 0 Å². The first-order valence-corrected chi connectivity index (χ1v) is 9.41. The van der Waals surface area contributed by atoms with Crippen molar-refractivity contribution in [1.29, 1.82) is 0 Å². The number of hydrogen-bond donors (Lipinski definition) is 1. The van der Waals surface area contributed by atoms with Crippen LogP contribution in [0.4, 0.5) is 4.79 Å². The molecular formula is C20H27N3O4. The minimum Gasteiger partial charge on any atom is -0.458 e. The van der Waals surface area contributed by atoms with Gasteiger partial charge in [0.1, 0.15) is 18.7 Å². The van der Waals surface area contributed by atoms with E-state index in [1.165, 1.54) is 0 Å². The molecule has 146 valence electrons. The first-order valence-electron chi connectivity index (χ1n) is 9.41. The fourth-order valence-electron chi connectivity index (χ4n) is 3.95. The van der Waals surface area contributed by atoms with Crippen molar-refractivity contribution in [1.82, 2.24) is 15.2 Å². The van der Waals surface area contributed by atoms with Crippen LogP contribution in [0, 0.1) is 11.3 Å². The molecule has 1 saturated carbocycles. The van der Waals surface area contributed by atoms with Gasteiger partial charge in [0.25, 0.3) is 5.91 Å². The van der Waals surface area contributed by atoms with Crippen molar-refractivity contribution in [2.45, 2.75) is 58.6 Å². The number of amides is 3.